The van der Waals surface area contributed by atoms with Crippen LogP contribution in [0.5, 0.6) is 0 Å². The zero-order valence-corrected chi connectivity index (χ0v) is 19.2. The number of hydrogen-bond acceptors (Lipinski definition) is 7. The molecule has 3 rings (SSSR count). The van der Waals surface area contributed by atoms with E-state index in [-0.39, 0.29) is 27.7 Å². The SMILES string of the molecule is CCN(CC)S(=O)(=O)c1cccc(-c2nnc(SCC(=O)Nc3ccc(C)cc3)o2)c1. The Morgan fingerprint density at radius 3 is 2.48 bits per heavy atom. The summed E-state index contributed by atoms with van der Waals surface area (Å²) in [6, 6.07) is 13.9. The van der Waals surface area contributed by atoms with Crippen LogP contribution in [0.2, 0.25) is 0 Å². The van der Waals surface area contributed by atoms with Crippen molar-refractivity contribution in [3.63, 3.8) is 0 Å². The summed E-state index contributed by atoms with van der Waals surface area (Å²) >= 11 is 1.11. The van der Waals surface area contributed by atoms with Gasteiger partial charge in [-0.1, -0.05) is 49.4 Å². The smallest absolute Gasteiger partial charge is 0.277 e. The lowest BCUT2D eigenvalue weighted by Gasteiger charge is -2.18. The summed E-state index contributed by atoms with van der Waals surface area (Å²) in [5, 5.41) is 11.0. The number of rotatable bonds is 9. The van der Waals surface area contributed by atoms with E-state index in [9.17, 15) is 13.2 Å². The number of carbonyl (C=O) groups is 1. The van der Waals surface area contributed by atoms with E-state index in [2.05, 4.69) is 15.5 Å². The first kappa shape index (κ1) is 23.0. The predicted octanol–water partition coefficient (Wildman–Crippen LogP) is 3.81. The van der Waals surface area contributed by atoms with Crippen molar-refractivity contribution < 1.29 is 17.6 Å². The van der Waals surface area contributed by atoms with Gasteiger partial charge in [0.25, 0.3) is 5.22 Å². The van der Waals surface area contributed by atoms with Crippen molar-refractivity contribution >= 4 is 33.4 Å². The van der Waals surface area contributed by atoms with Gasteiger partial charge in [0.2, 0.25) is 21.8 Å². The summed E-state index contributed by atoms with van der Waals surface area (Å²) in [7, 11) is -3.59. The van der Waals surface area contributed by atoms with E-state index in [4.69, 9.17) is 4.42 Å². The fraction of sp³-hybridized carbons (Fsp3) is 0.286. The third-order valence-corrected chi connectivity index (χ3v) is 7.36. The van der Waals surface area contributed by atoms with Crippen molar-refractivity contribution in [1.82, 2.24) is 14.5 Å². The molecule has 0 unspecified atom stereocenters. The van der Waals surface area contributed by atoms with E-state index >= 15 is 0 Å². The zero-order chi connectivity index (χ0) is 22.4. The number of hydrogen-bond donors (Lipinski definition) is 1. The summed E-state index contributed by atoms with van der Waals surface area (Å²) in [6.07, 6.45) is 0. The average molecular weight is 461 g/mol. The molecule has 8 nitrogen and oxygen atoms in total. The maximum Gasteiger partial charge on any atom is 0.277 e. The molecule has 1 heterocycles. The summed E-state index contributed by atoms with van der Waals surface area (Å²) in [5.41, 5.74) is 2.32. The molecule has 2 aromatic carbocycles. The van der Waals surface area contributed by atoms with Crippen LogP contribution < -0.4 is 5.32 Å². The lowest BCUT2D eigenvalue weighted by Crippen LogP contribution is -2.30. The van der Waals surface area contributed by atoms with Crippen molar-refractivity contribution in [3.05, 3.63) is 54.1 Å². The molecule has 0 aliphatic rings. The fourth-order valence-corrected chi connectivity index (χ4v) is 4.92. The minimum atomic E-state index is -3.59. The van der Waals surface area contributed by atoms with E-state index in [0.29, 0.717) is 24.3 Å². The van der Waals surface area contributed by atoms with Crippen LogP contribution in [0.15, 0.2) is 63.1 Å². The van der Waals surface area contributed by atoms with Crippen molar-refractivity contribution in [2.75, 3.05) is 24.2 Å². The van der Waals surface area contributed by atoms with Crippen LogP contribution in [0.4, 0.5) is 5.69 Å². The molecular weight excluding hydrogens is 436 g/mol. The van der Waals surface area contributed by atoms with E-state index in [1.54, 1.807) is 32.0 Å². The molecule has 0 radical (unpaired) electrons. The van der Waals surface area contributed by atoms with Crippen LogP contribution in [0.3, 0.4) is 0 Å². The molecule has 0 atom stereocenters. The lowest BCUT2D eigenvalue weighted by atomic mass is 10.2. The topological polar surface area (TPSA) is 105 Å². The Balaban J connectivity index is 1.67. The molecule has 3 aromatic rings. The lowest BCUT2D eigenvalue weighted by molar-refractivity contribution is -0.113. The largest absolute Gasteiger partial charge is 0.411 e. The van der Waals surface area contributed by atoms with Gasteiger partial charge >= 0.3 is 0 Å². The molecular formula is C21H24N4O4S2. The number of nitrogens with zero attached hydrogens (tertiary/aromatic N) is 3. The summed E-state index contributed by atoms with van der Waals surface area (Å²) < 4.78 is 32.5. The highest BCUT2D eigenvalue weighted by molar-refractivity contribution is 7.99. The highest BCUT2D eigenvalue weighted by Gasteiger charge is 2.22. The Labute approximate surface area is 186 Å². The third-order valence-electron chi connectivity index (χ3n) is 4.49. The Bertz CT molecular complexity index is 1140. The molecule has 10 heteroatoms. The zero-order valence-electron chi connectivity index (χ0n) is 17.5. The molecule has 0 spiro atoms. The number of nitrogens with one attached hydrogen (secondary N) is 1. The second-order valence-corrected chi connectivity index (χ2v) is 9.56. The maximum absolute atomic E-state index is 12.7. The van der Waals surface area contributed by atoms with Gasteiger partial charge in [0.1, 0.15) is 0 Å². The van der Waals surface area contributed by atoms with E-state index in [1.807, 2.05) is 31.2 Å². The molecule has 1 N–H and O–H groups in total. The summed E-state index contributed by atoms with van der Waals surface area (Å²) in [4.78, 5) is 12.3. The minimum absolute atomic E-state index is 0.103. The van der Waals surface area contributed by atoms with Gasteiger partial charge in [-0.25, -0.2) is 8.42 Å². The van der Waals surface area contributed by atoms with Gasteiger partial charge in [0.15, 0.2) is 0 Å². The molecule has 0 bridgehead atoms. The van der Waals surface area contributed by atoms with Gasteiger partial charge < -0.3 is 9.73 Å². The van der Waals surface area contributed by atoms with Gasteiger partial charge in [-0.2, -0.15) is 4.31 Å². The third kappa shape index (κ3) is 5.72. The molecule has 31 heavy (non-hydrogen) atoms. The number of thioether (sulfide) groups is 1. The van der Waals surface area contributed by atoms with Crippen LogP contribution >= 0.6 is 11.8 Å². The monoisotopic (exact) mass is 460 g/mol. The van der Waals surface area contributed by atoms with Crippen molar-refractivity contribution in [3.8, 4) is 11.5 Å². The van der Waals surface area contributed by atoms with E-state index in [0.717, 1.165) is 17.3 Å². The Hall–Kier alpha value is -2.69. The quantitative estimate of drug-likeness (QED) is 0.484. The Kier molecular flexibility index (Phi) is 7.47. The van der Waals surface area contributed by atoms with Gasteiger partial charge in [-0.15, -0.1) is 10.2 Å². The van der Waals surface area contributed by atoms with Gasteiger partial charge in [0, 0.05) is 24.3 Å². The van der Waals surface area contributed by atoms with Gasteiger partial charge in [-0.3, -0.25) is 4.79 Å². The highest BCUT2D eigenvalue weighted by Crippen LogP contribution is 2.26. The number of aryl methyl sites for hydroxylation is 1. The van der Waals surface area contributed by atoms with Gasteiger partial charge in [-0.05, 0) is 37.3 Å². The maximum atomic E-state index is 12.7. The van der Waals surface area contributed by atoms with Crippen LogP contribution in [-0.2, 0) is 14.8 Å². The first-order valence-electron chi connectivity index (χ1n) is 9.77. The summed E-state index contributed by atoms with van der Waals surface area (Å²) in [5.74, 6) is 0.102. The van der Waals surface area contributed by atoms with E-state index in [1.165, 1.54) is 10.4 Å². The molecule has 1 amide bonds. The molecule has 1 aromatic heterocycles. The number of benzene rings is 2. The number of aromatic nitrogens is 2. The fourth-order valence-electron chi connectivity index (χ4n) is 2.85. The van der Waals surface area contributed by atoms with Crippen LogP contribution in [0.1, 0.15) is 19.4 Å². The minimum Gasteiger partial charge on any atom is -0.411 e. The number of anilines is 1. The second kappa shape index (κ2) is 10.1. The molecule has 0 saturated heterocycles. The van der Waals surface area contributed by atoms with Crippen LogP contribution in [-0.4, -0.2) is 47.7 Å². The summed E-state index contributed by atoms with van der Waals surface area (Å²) in [6.45, 7) is 6.33. The second-order valence-electron chi connectivity index (χ2n) is 6.69. The van der Waals surface area contributed by atoms with Crippen LogP contribution in [0.25, 0.3) is 11.5 Å². The van der Waals surface area contributed by atoms with E-state index < -0.39 is 10.0 Å². The number of amides is 1. The standard InChI is InChI=1S/C21H24N4O4S2/c1-4-25(5-2)31(27,28)18-8-6-7-16(13-18)20-23-24-21(29-20)30-14-19(26)22-17-11-9-15(3)10-12-17/h6-13H,4-5,14H2,1-3H3,(H,22,26). The van der Waals surface area contributed by atoms with Crippen LogP contribution in [0, 0.1) is 6.92 Å². The van der Waals surface area contributed by atoms with Crippen molar-refractivity contribution in [1.29, 1.82) is 0 Å². The molecule has 0 fully saturated rings. The van der Waals surface area contributed by atoms with Gasteiger partial charge in [0.05, 0.1) is 10.6 Å². The molecule has 164 valence electrons. The first-order chi connectivity index (χ1) is 14.8. The first-order valence-corrected chi connectivity index (χ1v) is 12.2. The van der Waals surface area contributed by atoms with Crippen molar-refractivity contribution in [2.45, 2.75) is 30.9 Å². The Morgan fingerprint density at radius 1 is 1.10 bits per heavy atom. The average Bonchev–Trinajstić information content (AvgIpc) is 3.24. The molecule has 0 aliphatic carbocycles. The number of carbonyl (C=O) groups excluding carboxylic acids is 1. The molecule has 0 saturated carbocycles. The predicted molar refractivity (Wildman–Crippen MR) is 120 cm³/mol. The highest BCUT2D eigenvalue weighted by atomic mass is 32.2. The number of sulfonamides is 1. The molecule has 0 aliphatic heterocycles. The normalized spacial score (nSPS) is 11.6. The van der Waals surface area contributed by atoms with Crippen molar-refractivity contribution in [2.24, 2.45) is 0 Å². The Morgan fingerprint density at radius 2 is 1.81 bits per heavy atom.